The second-order valence-electron chi connectivity index (χ2n) is 8.36. The Morgan fingerprint density at radius 3 is 2.58 bits per heavy atom. The fraction of sp³-hybridized carbons (Fsp3) is 0.360. The third-order valence-corrected chi connectivity index (χ3v) is 6.04. The number of allylic oxidation sites excluding steroid dienone is 5. The van der Waals surface area contributed by atoms with Crippen molar-refractivity contribution in [3.63, 3.8) is 0 Å². The number of amides is 1. The van der Waals surface area contributed by atoms with Crippen molar-refractivity contribution in [1.82, 2.24) is 9.80 Å². The molecule has 2 aliphatic heterocycles. The number of benzene rings is 1. The quantitative estimate of drug-likeness (QED) is 0.721. The summed E-state index contributed by atoms with van der Waals surface area (Å²) in [6.07, 6.45) is 8.59. The molecule has 2 N–H and O–H groups in total. The lowest BCUT2D eigenvalue weighted by Gasteiger charge is -2.37. The minimum atomic E-state index is -0.963. The summed E-state index contributed by atoms with van der Waals surface area (Å²) < 4.78 is 0. The van der Waals surface area contributed by atoms with Gasteiger partial charge in [-0.2, -0.15) is 0 Å². The maximum Gasteiger partial charge on any atom is 0.303 e. The summed E-state index contributed by atoms with van der Waals surface area (Å²) in [6, 6.07) is 7.06. The highest BCUT2D eigenvalue weighted by Gasteiger charge is 2.28. The van der Waals surface area contributed by atoms with Crippen molar-refractivity contribution in [3.05, 3.63) is 65.3 Å². The Kier molecular flexibility index (Phi) is 6.84. The molecule has 1 aromatic carbocycles. The molecule has 1 atom stereocenters. The number of carbonyl (C=O) groups excluding carboxylic acids is 1. The first-order valence-corrected chi connectivity index (χ1v) is 11.1. The molecular weight excluding hydrogens is 420 g/mol. The lowest BCUT2D eigenvalue weighted by atomic mass is 10.1. The highest BCUT2D eigenvalue weighted by Crippen LogP contribution is 2.25. The Balaban J connectivity index is 1.59. The first kappa shape index (κ1) is 22.7. The Hall–Kier alpha value is -3.52. The highest BCUT2D eigenvalue weighted by molar-refractivity contribution is 6.15. The summed E-state index contributed by atoms with van der Waals surface area (Å²) in [4.78, 5) is 36.8. The number of piperazine rings is 1. The number of carboxylic acid groups (broad SMARTS) is 1. The number of phenolic OH excluding ortho intramolecular Hbond substituents is 1. The van der Waals surface area contributed by atoms with Crippen LogP contribution in [0.3, 0.4) is 0 Å². The van der Waals surface area contributed by atoms with Crippen LogP contribution in [0.25, 0.3) is 0 Å². The average molecular weight is 449 g/mol. The topological polar surface area (TPSA) is 106 Å². The van der Waals surface area contributed by atoms with Gasteiger partial charge in [0.2, 0.25) is 5.91 Å². The Labute approximate surface area is 193 Å². The van der Waals surface area contributed by atoms with Gasteiger partial charge in [-0.3, -0.25) is 14.5 Å². The van der Waals surface area contributed by atoms with Gasteiger partial charge in [0.25, 0.3) is 0 Å². The molecule has 1 fully saturated rings. The Morgan fingerprint density at radius 1 is 1.09 bits per heavy atom. The van der Waals surface area contributed by atoms with E-state index in [0.29, 0.717) is 44.0 Å². The van der Waals surface area contributed by atoms with Crippen molar-refractivity contribution in [1.29, 1.82) is 0 Å². The molecule has 33 heavy (non-hydrogen) atoms. The molecule has 8 nitrogen and oxygen atoms in total. The molecule has 4 rings (SSSR count). The molecular formula is C25H28N4O4. The predicted octanol–water partition coefficient (Wildman–Crippen LogP) is 2.76. The number of fused-ring (bicyclic) bond motifs is 1. The van der Waals surface area contributed by atoms with Crippen LogP contribution in [0.5, 0.6) is 5.75 Å². The average Bonchev–Trinajstić information content (AvgIpc) is 3.10. The van der Waals surface area contributed by atoms with E-state index < -0.39 is 5.97 Å². The van der Waals surface area contributed by atoms with Crippen molar-refractivity contribution in [2.45, 2.75) is 32.4 Å². The third-order valence-electron chi connectivity index (χ3n) is 6.04. The van der Waals surface area contributed by atoms with E-state index >= 15 is 0 Å². The van der Waals surface area contributed by atoms with E-state index in [4.69, 9.17) is 15.1 Å². The fourth-order valence-electron chi connectivity index (χ4n) is 4.09. The molecule has 2 heterocycles. The van der Waals surface area contributed by atoms with Gasteiger partial charge in [0, 0.05) is 39.0 Å². The number of rotatable bonds is 5. The minimum absolute atomic E-state index is 0.0206. The standard InChI is InChI=1S/C25H28N4O4/c1-17-6-8-18-16-22(28-12-14-29(15-13-28)23(31)10-11-24(32)33)27-25(26-20(18)9-7-17)19-4-2-3-5-21(19)30/h2-8,16,22,30H,9-15H2,1H3,(H,32,33). The monoisotopic (exact) mass is 448 g/mol. The van der Waals surface area contributed by atoms with E-state index in [9.17, 15) is 14.7 Å². The van der Waals surface area contributed by atoms with Crippen molar-refractivity contribution in [2.75, 3.05) is 26.2 Å². The number of para-hydroxylation sites is 1. The maximum atomic E-state index is 12.3. The normalized spacial score (nSPS) is 21.1. The van der Waals surface area contributed by atoms with E-state index in [1.165, 1.54) is 0 Å². The van der Waals surface area contributed by atoms with E-state index in [1.54, 1.807) is 17.0 Å². The summed E-state index contributed by atoms with van der Waals surface area (Å²) in [7, 11) is 0. The molecule has 0 radical (unpaired) electrons. The van der Waals surface area contributed by atoms with Gasteiger partial charge in [0.1, 0.15) is 11.9 Å². The zero-order valence-electron chi connectivity index (χ0n) is 18.6. The van der Waals surface area contributed by atoms with E-state index in [-0.39, 0.29) is 30.7 Å². The number of aromatic hydroxyl groups is 1. The third kappa shape index (κ3) is 5.46. The number of amidine groups is 1. The van der Waals surface area contributed by atoms with Crippen LogP contribution in [-0.4, -0.2) is 75.8 Å². The molecule has 0 spiro atoms. The smallest absolute Gasteiger partial charge is 0.303 e. The van der Waals surface area contributed by atoms with Crippen molar-refractivity contribution < 1.29 is 19.8 Å². The number of phenols is 1. The lowest BCUT2D eigenvalue weighted by molar-refractivity contribution is -0.141. The molecule has 1 unspecified atom stereocenters. The van der Waals surface area contributed by atoms with Crippen molar-refractivity contribution >= 4 is 23.4 Å². The number of aliphatic imine (C=N–C) groups is 2. The second kappa shape index (κ2) is 9.95. The van der Waals surface area contributed by atoms with Gasteiger partial charge < -0.3 is 15.1 Å². The number of hydrogen-bond acceptors (Lipinski definition) is 6. The molecule has 1 aromatic rings. The molecule has 3 aliphatic rings. The van der Waals surface area contributed by atoms with Crippen LogP contribution in [0.1, 0.15) is 31.7 Å². The zero-order valence-corrected chi connectivity index (χ0v) is 18.6. The van der Waals surface area contributed by atoms with Gasteiger partial charge in [-0.15, -0.1) is 0 Å². The first-order valence-electron chi connectivity index (χ1n) is 11.1. The van der Waals surface area contributed by atoms with Gasteiger partial charge in [0.05, 0.1) is 17.7 Å². The maximum absolute atomic E-state index is 12.3. The second-order valence-corrected chi connectivity index (χ2v) is 8.36. The predicted molar refractivity (Wildman–Crippen MR) is 126 cm³/mol. The molecule has 8 heteroatoms. The largest absolute Gasteiger partial charge is 0.507 e. The number of hydrogen-bond donors (Lipinski definition) is 2. The number of aliphatic carboxylic acids is 1. The van der Waals surface area contributed by atoms with Crippen LogP contribution in [-0.2, 0) is 9.59 Å². The van der Waals surface area contributed by atoms with Crippen LogP contribution in [0.4, 0.5) is 0 Å². The zero-order chi connectivity index (χ0) is 23.4. The molecule has 0 aromatic heterocycles. The summed E-state index contributed by atoms with van der Waals surface area (Å²) in [5.74, 6) is -0.475. The molecule has 1 saturated heterocycles. The Bertz CT molecular complexity index is 1090. The van der Waals surface area contributed by atoms with Gasteiger partial charge in [0.15, 0.2) is 5.84 Å². The van der Waals surface area contributed by atoms with E-state index in [0.717, 1.165) is 16.9 Å². The van der Waals surface area contributed by atoms with Crippen LogP contribution in [0, 0.1) is 0 Å². The summed E-state index contributed by atoms with van der Waals surface area (Å²) >= 11 is 0. The minimum Gasteiger partial charge on any atom is -0.507 e. The van der Waals surface area contributed by atoms with E-state index in [2.05, 4.69) is 36.1 Å². The highest BCUT2D eigenvalue weighted by atomic mass is 16.4. The summed E-state index contributed by atoms with van der Waals surface area (Å²) in [5, 5.41) is 19.3. The van der Waals surface area contributed by atoms with Crippen molar-refractivity contribution in [2.24, 2.45) is 9.98 Å². The van der Waals surface area contributed by atoms with Gasteiger partial charge in [-0.05, 0) is 30.7 Å². The van der Waals surface area contributed by atoms with Crippen LogP contribution < -0.4 is 0 Å². The van der Waals surface area contributed by atoms with Crippen LogP contribution in [0.15, 0.2) is 69.7 Å². The van der Waals surface area contributed by atoms with Crippen molar-refractivity contribution in [3.8, 4) is 5.75 Å². The van der Waals surface area contributed by atoms with E-state index in [1.807, 2.05) is 12.1 Å². The first-order chi connectivity index (χ1) is 15.9. The number of carbonyl (C=O) groups is 2. The molecule has 0 saturated carbocycles. The van der Waals surface area contributed by atoms with Crippen LogP contribution in [0.2, 0.25) is 0 Å². The molecule has 0 bridgehead atoms. The molecule has 172 valence electrons. The lowest BCUT2D eigenvalue weighted by Crippen LogP contribution is -2.51. The number of nitrogens with zero attached hydrogens (tertiary/aromatic N) is 4. The van der Waals surface area contributed by atoms with Gasteiger partial charge in [-0.1, -0.05) is 35.9 Å². The Morgan fingerprint density at radius 2 is 1.85 bits per heavy atom. The number of carboxylic acids is 1. The van der Waals surface area contributed by atoms with Crippen LogP contribution >= 0.6 is 0 Å². The van der Waals surface area contributed by atoms with Gasteiger partial charge in [-0.25, -0.2) is 9.98 Å². The SMILES string of the molecule is CC1=CCC2=NC(c3ccccc3O)=NC(N3CCN(C(=O)CCC(=O)O)CC3)C=C2C=C1. The summed E-state index contributed by atoms with van der Waals surface area (Å²) in [6.45, 7) is 4.31. The fourth-order valence-corrected chi connectivity index (χ4v) is 4.09. The summed E-state index contributed by atoms with van der Waals surface area (Å²) in [5.41, 5.74) is 3.65. The molecule has 1 aliphatic carbocycles. The van der Waals surface area contributed by atoms with Gasteiger partial charge >= 0.3 is 5.97 Å². The molecule has 1 amide bonds.